The summed E-state index contributed by atoms with van der Waals surface area (Å²) in [4.78, 5) is 8.62. The summed E-state index contributed by atoms with van der Waals surface area (Å²) in [6.07, 6.45) is 3.14. The lowest BCUT2D eigenvalue weighted by Crippen LogP contribution is -2.17. The molecule has 1 aliphatic rings. The fraction of sp³-hybridized carbons (Fsp3) is 0.400. The number of allylic oxidation sites excluding steroid dienone is 1. The molecule has 0 aromatic carbocycles. The van der Waals surface area contributed by atoms with Gasteiger partial charge in [0.1, 0.15) is 0 Å². The molecular weight excluding hydrogens is 104 g/mol. The molecule has 0 aliphatic carbocycles. The van der Waals surface area contributed by atoms with Gasteiger partial charge in [-0.05, 0) is 6.92 Å². The molecule has 0 aromatic rings. The van der Waals surface area contributed by atoms with Gasteiger partial charge in [-0.25, -0.2) is 10.1 Å². The monoisotopic (exact) mass is 112 g/mol. The third kappa shape index (κ3) is 0.804. The Labute approximate surface area is 48.2 Å². The van der Waals surface area contributed by atoms with E-state index in [4.69, 9.17) is 4.84 Å². The average molecular weight is 112 g/mol. The molecule has 3 heteroatoms. The second kappa shape index (κ2) is 1.86. The fourth-order valence-corrected chi connectivity index (χ4v) is 0.401. The molecule has 0 spiro atoms. The van der Waals surface area contributed by atoms with Gasteiger partial charge in [0.2, 0.25) is 6.40 Å². The maximum atomic E-state index is 4.86. The van der Waals surface area contributed by atoms with E-state index in [0.29, 0.717) is 0 Å². The molecule has 3 nitrogen and oxygen atoms in total. The lowest BCUT2D eigenvalue weighted by molar-refractivity contribution is -0.00529. The van der Waals surface area contributed by atoms with E-state index in [1.54, 1.807) is 11.3 Å². The van der Waals surface area contributed by atoms with E-state index in [1.165, 1.54) is 6.40 Å². The van der Waals surface area contributed by atoms with E-state index < -0.39 is 0 Å². The van der Waals surface area contributed by atoms with E-state index >= 15 is 0 Å². The van der Waals surface area contributed by atoms with Crippen molar-refractivity contribution in [3.63, 3.8) is 0 Å². The Morgan fingerprint density at radius 1 is 1.75 bits per heavy atom. The smallest absolute Gasteiger partial charge is 0.209 e. The minimum Gasteiger partial charge on any atom is -0.368 e. The fourth-order valence-electron chi connectivity index (χ4n) is 0.401. The van der Waals surface area contributed by atoms with Gasteiger partial charge in [-0.15, -0.1) is 0 Å². The molecule has 0 saturated carbocycles. The van der Waals surface area contributed by atoms with E-state index in [-0.39, 0.29) is 0 Å². The first-order valence-electron chi connectivity index (χ1n) is 2.39. The minimum atomic E-state index is 1.01. The predicted octanol–water partition coefficient (Wildman–Crippen LogP) is 0.753. The second-order valence-corrected chi connectivity index (χ2v) is 1.63. The van der Waals surface area contributed by atoms with Gasteiger partial charge in [-0.1, -0.05) is 0 Å². The highest BCUT2D eigenvalue weighted by Crippen LogP contribution is 2.02. The van der Waals surface area contributed by atoms with Crippen LogP contribution in [0.15, 0.2) is 16.9 Å². The quantitative estimate of drug-likeness (QED) is 0.462. The van der Waals surface area contributed by atoms with Crippen LogP contribution in [0.4, 0.5) is 0 Å². The van der Waals surface area contributed by atoms with Crippen molar-refractivity contribution >= 4 is 6.40 Å². The van der Waals surface area contributed by atoms with Crippen LogP contribution in [0.25, 0.3) is 0 Å². The van der Waals surface area contributed by atoms with Crippen LogP contribution in [-0.2, 0) is 4.84 Å². The Kier molecular flexibility index (Phi) is 1.20. The van der Waals surface area contributed by atoms with Crippen LogP contribution < -0.4 is 0 Å². The van der Waals surface area contributed by atoms with E-state index in [9.17, 15) is 0 Å². The number of aliphatic imine (C=N–C) groups is 1. The van der Waals surface area contributed by atoms with Crippen LogP contribution in [0.5, 0.6) is 0 Å². The zero-order chi connectivity index (χ0) is 5.98. The first-order chi connectivity index (χ1) is 3.80. The van der Waals surface area contributed by atoms with Crippen LogP contribution in [0.2, 0.25) is 0 Å². The largest absolute Gasteiger partial charge is 0.368 e. The normalized spacial score (nSPS) is 17.8. The van der Waals surface area contributed by atoms with Gasteiger partial charge in [-0.3, -0.25) is 0 Å². The Bertz CT molecular complexity index is 139. The first kappa shape index (κ1) is 5.15. The molecule has 8 heavy (non-hydrogen) atoms. The highest BCUT2D eigenvalue weighted by molar-refractivity contribution is 5.48. The number of hydroxylamine groups is 2. The van der Waals surface area contributed by atoms with Crippen molar-refractivity contribution in [2.24, 2.45) is 4.99 Å². The molecule has 44 valence electrons. The number of hydrogen-bond acceptors (Lipinski definition) is 3. The van der Waals surface area contributed by atoms with E-state index in [0.717, 1.165) is 5.70 Å². The lowest BCUT2D eigenvalue weighted by atomic mass is 10.5. The highest BCUT2D eigenvalue weighted by Gasteiger charge is 1.98. The van der Waals surface area contributed by atoms with Gasteiger partial charge < -0.3 is 4.84 Å². The number of nitrogens with zero attached hydrogens (tertiary/aromatic N) is 2. The van der Waals surface area contributed by atoms with Gasteiger partial charge >= 0.3 is 0 Å². The van der Waals surface area contributed by atoms with Gasteiger partial charge in [0, 0.05) is 7.05 Å². The van der Waals surface area contributed by atoms with Crippen molar-refractivity contribution in [2.45, 2.75) is 6.92 Å². The molecule has 0 amide bonds. The summed E-state index contributed by atoms with van der Waals surface area (Å²) in [5.74, 6) is 0. The van der Waals surface area contributed by atoms with Crippen molar-refractivity contribution in [1.82, 2.24) is 5.06 Å². The summed E-state index contributed by atoms with van der Waals surface area (Å²) in [5, 5.41) is 1.65. The molecule has 0 fully saturated rings. The molecule has 0 N–H and O–H groups in total. The van der Waals surface area contributed by atoms with Crippen molar-refractivity contribution in [3.05, 3.63) is 11.9 Å². The summed E-state index contributed by atoms with van der Waals surface area (Å²) >= 11 is 0. The molecule has 1 rings (SSSR count). The zero-order valence-electron chi connectivity index (χ0n) is 4.96. The Morgan fingerprint density at radius 2 is 2.50 bits per heavy atom. The average Bonchev–Trinajstić information content (AvgIpc) is 1.77. The highest BCUT2D eigenvalue weighted by atomic mass is 16.7. The van der Waals surface area contributed by atoms with Gasteiger partial charge in [0.15, 0.2) is 0 Å². The predicted molar refractivity (Wildman–Crippen MR) is 31.1 cm³/mol. The van der Waals surface area contributed by atoms with Crippen LogP contribution in [0.3, 0.4) is 0 Å². The molecule has 0 unspecified atom stereocenters. The number of rotatable bonds is 0. The SMILES string of the molecule is CC1=CN=CON1C. The molecule has 0 radical (unpaired) electrons. The summed E-state index contributed by atoms with van der Waals surface area (Å²) in [6, 6.07) is 0. The van der Waals surface area contributed by atoms with Crippen molar-refractivity contribution in [3.8, 4) is 0 Å². The van der Waals surface area contributed by atoms with E-state index in [2.05, 4.69) is 4.99 Å². The van der Waals surface area contributed by atoms with Crippen LogP contribution in [0, 0.1) is 0 Å². The maximum absolute atomic E-state index is 4.86. The molecule has 0 atom stereocenters. The van der Waals surface area contributed by atoms with Crippen LogP contribution >= 0.6 is 0 Å². The summed E-state index contributed by atoms with van der Waals surface area (Å²) in [5.41, 5.74) is 1.01. The third-order valence-corrected chi connectivity index (χ3v) is 1.02. The molecule has 0 aromatic heterocycles. The second-order valence-electron chi connectivity index (χ2n) is 1.63. The van der Waals surface area contributed by atoms with Crippen molar-refractivity contribution < 1.29 is 4.84 Å². The first-order valence-corrected chi connectivity index (χ1v) is 2.39. The minimum absolute atomic E-state index is 1.01. The van der Waals surface area contributed by atoms with Crippen LogP contribution in [0.1, 0.15) is 6.92 Å². The van der Waals surface area contributed by atoms with Crippen LogP contribution in [-0.4, -0.2) is 18.5 Å². The molecular formula is C5H8N2O. The van der Waals surface area contributed by atoms with Gasteiger partial charge in [0.25, 0.3) is 0 Å². The van der Waals surface area contributed by atoms with Gasteiger partial charge in [-0.2, -0.15) is 0 Å². The summed E-state index contributed by atoms with van der Waals surface area (Å²) in [6.45, 7) is 1.93. The standard InChI is InChI=1S/C5H8N2O/c1-5-3-6-4-8-7(5)2/h3-4H,1-2H3. The molecule has 0 bridgehead atoms. The molecule has 1 aliphatic heterocycles. The molecule has 0 saturated heterocycles. The lowest BCUT2D eigenvalue weighted by Gasteiger charge is -2.18. The topological polar surface area (TPSA) is 24.8 Å². The third-order valence-electron chi connectivity index (χ3n) is 1.02. The zero-order valence-corrected chi connectivity index (χ0v) is 4.96. The Balaban J connectivity index is 2.66. The summed E-state index contributed by atoms with van der Waals surface area (Å²) < 4.78 is 0. The summed E-state index contributed by atoms with van der Waals surface area (Å²) in [7, 11) is 1.83. The van der Waals surface area contributed by atoms with Crippen molar-refractivity contribution in [1.29, 1.82) is 0 Å². The maximum Gasteiger partial charge on any atom is 0.209 e. The van der Waals surface area contributed by atoms with Crippen molar-refractivity contribution in [2.75, 3.05) is 7.05 Å². The Morgan fingerprint density at radius 3 is 2.88 bits per heavy atom. The van der Waals surface area contributed by atoms with Gasteiger partial charge in [0.05, 0.1) is 11.9 Å². The van der Waals surface area contributed by atoms with E-state index in [1.807, 2.05) is 14.0 Å². The Hall–Kier alpha value is -0.990. The number of hydrogen-bond donors (Lipinski definition) is 0. The molecule has 1 heterocycles.